The lowest BCUT2D eigenvalue weighted by molar-refractivity contribution is 0.0687. The lowest BCUT2D eigenvalue weighted by Gasteiger charge is -2.07. The van der Waals surface area contributed by atoms with Gasteiger partial charge in [0.2, 0.25) is 0 Å². The molecule has 10 heteroatoms. The molecule has 0 aliphatic rings. The van der Waals surface area contributed by atoms with Gasteiger partial charge >= 0.3 is 11.7 Å². The van der Waals surface area contributed by atoms with Gasteiger partial charge < -0.3 is 14.8 Å². The average Bonchev–Trinajstić information content (AvgIpc) is 3.23. The van der Waals surface area contributed by atoms with Crippen LogP contribution in [0.15, 0.2) is 45.7 Å². The molecule has 0 aliphatic carbocycles. The number of oxazole rings is 1. The third-order valence-electron chi connectivity index (χ3n) is 4.12. The van der Waals surface area contributed by atoms with Crippen LogP contribution in [0.25, 0.3) is 16.7 Å². The number of benzene rings is 1. The standard InChI is InChI=1S/C17H13N5O5/c1-21-11-6-9(2-3-13(11)27-17(21)26)8-18-15(23)10-7-12(16(24)25)22-14(20-10)4-5-19-22/h2-7H,8H2,1H3,(H,18,23)(H,24,25). The first-order chi connectivity index (χ1) is 12.9. The van der Waals surface area contributed by atoms with Crippen molar-refractivity contribution in [2.45, 2.75) is 6.54 Å². The van der Waals surface area contributed by atoms with Crippen LogP contribution in [0.1, 0.15) is 26.5 Å². The molecule has 1 amide bonds. The molecular weight excluding hydrogens is 354 g/mol. The molecule has 4 rings (SSSR count). The smallest absolute Gasteiger partial charge is 0.419 e. The molecule has 0 fully saturated rings. The summed E-state index contributed by atoms with van der Waals surface area (Å²) in [7, 11) is 1.59. The number of carboxylic acids is 1. The van der Waals surface area contributed by atoms with Crippen molar-refractivity contribution < 1.29 is 19.1 Å². The molecule has 0 bridgehead atoms. The van der Waals surface area contributed by atoms with E-state index in [9.17, 15) is 19.5 Å². The third-order valence-corrected chi connectivity index (χ3v) is 4.12. The predicted molar refractivity (Wildman–Crippen MR) is 92.6 cm³/mol. The van der Waals surface area contributed by atoms with Crippen molar-refractivity contribution in [3.05, 3.63) is 64.0 Å². The third kappa shape index (κ3) is 2.82. The Morgan fingerprint density at radius 2 is 2.07 bits per heavy atom. The lowest BCUT2D eigenvalue weighted by atomic mass is 10.2. The average molecular weight is 367 g/mol. The highest BCUT2D eigenvalue weighted by atomic mass is 16.4. The number of nitrogens with one attached hydrogen (secondary N) is 1. The van der Waals surface area contributed by atoms with Crippen LogP contribution in [0, 0.1) is 0 Å². The molecule has 0 aliphatic heterocycles. The summed E-state index contributed by atoms with van der Waals surface area (Å²) in [6.07, 6.45) is 1.40. The first-order valence-electron chi connectivity index (χ1n) is 7.89. The SMILES string of the molecule is Cn1c(=O)oc2ccc(CNC(=O)c3cc(C(=O)O)n4nccc4n3)cc21. The quantitative estimate of drug-likeness (QED) is 0.545. The molecular formula is C17H13N5O5. The highest BCUT2D eigenvalue weighted by Gasteiger charge is 2.17. The maximum atomic E-state index is 12.4. The van der Waals surface area contributed by atoms with Crippen LogP contribution in [0.2, 0.25) is 0 Å². The molecule has 136 valence electrons. The Morgan fingerprint density at radius 1 is 1.26 bits per heavy atom. The molecule has 4 aromatic rings. The number of carbonyl (C=O) groups is 2. The van der Waals surface area contributed by atoms with Gasteiger partial charge in [0.05, 0.1) is 11.7 Å². The van der Waals surface area contributed by atoms with Crippen molar-refractivity contribution in [2.24, 2.45) is 7.05 Å². The maximum Gasteiger partial charge on any atom is 0.419 e. The minimum atomic E-state index is -1.22. The Labute approximate surface area is 150 Å². The first-order valence-corrected chi connectivity index (χ1v) is 7.89. The van der Waals surface area contributed by atoms with E-state index in [1.165, 1.54) is 22.9 Å². The fourth-order valence-electron chi connectivity index (χ4n) is 2.74. The van der Waals surface area contributed by atoms with E-state index in [0.29, 0.717) is 11.1 Å². The number of aromatic nitrogens is 4. The van der Waals surface area contributed by atoms with Crippen molar-refractivity contribution >= 4 is 28.6 Å². The largest absolute Gasteiger partial charge is 0.477 e. The van der Waals surface area contributed by atoms with E-state index in [1.807, 2.05) is 0 Å². The van der Waals surface area contributed by atoms with Gasteiger partial charge in [0, 0.05) is 25.7 Å². The second-order valence-electron chi connectivity index (χ2n) is 5.84. The van der Waals surface area contributed by atoms with Gasteiger partial charge in [0.15, 0.2) is 16.9 Å². The van der Waals surface area contributed by atoms with Crippen molar-refractivity contribution in [1.82, 2.24) is 24.5 Å². The van der Waals surface area contributed by atoms with Gasteiger partial charge in [0.25, 0.3) is 5.91 Å². The van der Waals surface area contributed by atoms with Gasteiger partial charge in [-0.3, -0.25) is 9.36 Å². The van der Waals surface area contributed by atoms with Crippen molar-refractivity contribution in [3.63, 3.8) is 0 Å². The van der Waals surface area contributed by atoms with E-state index in [-0.39, 0.29) is 23.6 Å². The summed E-state index contributed by atoms with van der Waals surface area (Å²) >= 11 is 0. The number of amides is 1. The Morgan fingerprint density at radius 3 is 2.85 bits per heavy atom. The van der Waals surface area contributed by atoms with Crippen molar-refractivity contribution in [1.29, 1.82) is 0 Å². The fraction of sp³-hybridized carbons (Fsp3) is 0.118. The van der Waals surface area contributed by atoms with Gasteiger partial charge in [0.1, 0.15) is 5.69 Å². The monoisotopic (exact) mass is 367 g/mol. The molecule has 27 heavy (non-hydrogen) atoms. The zero-order valence-electron chi connectivity index (χ0n) is 14.0. The zero-order chi connectivity index (χ0) is 19.1. The molecule has 0 saturated heterocycles. The number of carbonyl (C=O) groups excluding carboxylic acids is 1. The van der Waals surface area contributed by atoms with Crippen LogP contribution in [-0.2, 0) is 13.6 Å². The summed E-state index contributed by atoms with van der Waals surface area (Å²) in [5.74, 6) is -2.21. The molecule has 1 aromatic carbocycles. The highest BCUT2D eigenvalue weighted by molar-refractivity contribution is 5.96. The first kappa shape index (κ1) is 16.5. The molecule has 3 aromatic heterocycles. The highest BCUT2D eigenvalue weighted by Crippen LogP contribution is 2.14. The zero-order valence-corrected chi connectivity index (χ0v) is 14.0. The van der Waals surface area contributed by atoms with Gasteiger partial charge in [-0.25, -0.2) is 19.1 Å². The fourth-order valence-corrected chi connectivity index (χ4v) is 2.74. The summed E-state index contributed by atoms with van der Waals surface area (Å²) in [6.45, 7) is 0.169. The number of carboxylic acid groups (broad SMARTS) is 1. The number of hydrogen-bond donors (Lipinski definition) is 2. The van der Waals surface area contributed by atoms with Crippen LogP contribution in [-0.4, -0.2) is 36.1 Å². The molecule has 0 spiro atoms. The van der Waals surface area contributed by atoms with Crippen molar-refractivity contribution in [2.75, 3.05) is 0 Å². The summed E-state index contributed by atoms with van der Waals surface area (Å²) < 4.78 is 7.58. The summed E-state index contributed by atoms with van der Waals surface area (Å²) in [5, 5.41) is 15.9. The minimum Gasteiger partial charge on any atom is -0.477 e. The van der Waals surface area contributed by atoms with E-state index in [1.54, 1.807) is 25.2 Å². The van der Waals surface area contributed by atoms with E-state index in [0.717, 1.165) is 10.1 Å². The van der Waals surface area contributed by atoms with E-state index < -0.39 is 17.6 Å². The molecule has 3 heterocycles. The summed E-state index contributed by atoms with van der Waals surface area (Å²) in [6, 6.07) is 7.78. The Balaban J connectivity index is 1.59. The number of aromatic carboxylic acids is 1. The topological polar surface area (TPSA) is 132 Å². The van der Waals surface area contributed by atoms with Crippen LogP contribution < -0.4 is 11.1 Å². The molecule has 0 unspecified atom stereocenters. The van der Waals surface area contributed by atoms with E-state index in [2.05, 4.69) is 15.4 Å². The second kappa shape index (κ2) is 6.09. The van der Waals surface area contributed by atoms with E-state index in [4.69, 9.17) is 4.42 Å². The maximum absolute atomic E-state index is 12.4. The van der Waals surface area contributed by atoms with Gasteiger partial charge in [-0.15, -0.1) is 0 Å². The van der Waals surface area contributed by atoms with Gasteiger partial charge in [-0.2, -0.15) is 5.10 Å². The molecule has 0 saturated carbocycles. The lowest BCUT2D eigenvalue weighted by Crippen LogP contribution is -2.25. The van der Waals surface area contributed by atoms with Crippen molar-refractivity contribution in [3.8, 4) is 0 Å². The number of aryl methyl sites for hydroxylation is 1. The molecule has 0 radical (unpaired) electrons. The van der Waals surface area contributed by atoms with Gasteiger partial charge in [-0.1, -0.05) is 6.07 Å². The number of fused-ring (bicyclic) bond motifs is 2. The van der Waals surface area contributed by atoms with Crippen LogP contribution in [0.5, 0.6) is 0 Å². The Hall–Kier alpha value is -3.95. The summed E-state index contributed by atoms with van der Waals surface area (Å²) in [5.41, 5.74) is 1.88. The molecule has 0 atom stereocenters. The molecule has 2 N–H and O–H groups in total. The van der Waals surface area contributed by atoms with Crippen LogP contribution >= 0.6 is 0 Å². The normalized spacial score (nSPS) is 11.1. The number of hydrogen-bond acceptors (Lipinski definition) is 6. The van der Waals surface area contributed by atoms with Crippen LogP contribution in [0.3, 0.4) is 0 Å². The Bertz CT molecular complexity index is 1270. The Kier molecular flexibility index (Phi) is 3.73. The number of nitrogens with zero attached hydrogens (tertiary/aromatic N) is 4. The van der Waals surface area contributed by atoms with E-state index >= 15 is 0 Å². The predicted octanol–water partition coefficient (Wildman–Crippen LogP) is 0.802. The minimum absolute atomic E-state index is 0.0304. The van der Waals surface area contributed by atoms with Gasteiger partial charge in [-0.05, 0) is 17.7 Å². The molecule has 10 nitrogen and oxygen atoms in total. The van der Waals surface area contributed by atoms with Crippen LogP contribution in [0.4, 0.5) is 0 Å². The number of rotatable bonds is 4. The second-order valence-corrected chi connectivity index (χ2v) is 5.84. The summed E-state index contributed by atoms with van der Waals surface area (Å²) in [4.78, 5) is 39.4.